The van der Waals surface area contributed by atoms with E-state index in [4.69, 9.17) is 0 Å². The van der Waals surface area contributed by atoms with E-state index in [-0.39, 0.29) is 11.5 Å². The average molecular weight is 263 g/mol. The number of thiophene rings is 1. The topological polar surface area (TPSA) is 52.5 Å². The summed E-state index contributed by atoms with van der Waals surface area (Å²) in [7, 11) is 0. The summed E-state index contributed by atoms with van der Waals surface area (Å²) in [5, 5.41) is 21.9. The number of aromatic hydroxyl groups is 2. The lowest BCUT2D eigenvalue weighted by Crippen LogP contribution is -2.11. The van der Waals surface area contributed by atoms with E-state index in [9.17, 15) is 10.2 Å². The van der Waals surface area contributed by atoms with Gasteiger partial charge < -0.3 is 15.5 Å². The summed E-state index contributed by atoms with van der Waals surface area (Å²) in [6.07, 6.45) is 1.08. The normalized spacial score (nSPS) is 10.7. The van der Waals surface area contributed by atoms with Gasteiger partial charge in [-0.15, -0.1) is 11.3 Å². The van der Waals surface area contributed by atoms with Crippen LogP contribution in [0.5, 0.6) is 11.5 Å². The van der Waals surface area contributed by atoms with Crippen molar-refractivity contribution in [1.82, 2.24) is 5.32 Å². The van der Waals surface area contributed by atoms with E-state index in [2.05, 4.69) is 24.4 Å². The van der Waals surface area contributed by atoms with Gasteiger partial charge in [-0.05, 0) is 36.2 Å². The zero-order valence-corrected chi connectivity index (χ0v) is 11.1. The van der Waals surface area contributed by atoms with Crippen molar-refractivity contribution in [2.24, 2.45) is 0 Å². The lowest BCUT2D eigenvalue weighted by molar-refractivity contribution is 0.403. The number of hydrogen-bond donors (Lipinski definition) is 3. The third-order valence-electron chi connectivity index (χ3n) is 2.73. The molecule has 1 heterocycles. The predicted octanol–water partition coefficient (Wildman–Crippen LogP) is 3.01. The molecule has 0 radical (unpaired) electrons. The van der Waals surface area contributed by atoms with Crippen LogP contribution in [0, 0.1) is 0 Å². The molecule has 0 aliphatic carbocycles. The molecule has 0 fully saturated rings. The number of phenols is 2. The zero-order valence-electron chi connectivity index (χ0n) is 10.3. The van der Waals surface area contributed by atoms with E-state index < -0.39 is 0 Å². The maximum atomic E-state index is 9.38. The smallest absolute Gasteiger partial charge is 0.157 e. The van der Waals surface area contributed by atoms with Crippen molar-refractivity contribution < 1.29 is 10.2 Å². The molecule has 0 aliphatic rings. The molecule has 0 amide bonds. The van der Waals surface area contributed by atoms with Crippen molar-refractivity contribution in [1.29, 1.82) is 0 Å². The number of hydrogen-bond acceptors (Lipinski definition) is 4. The van der Waals surface area contributed by atoms with Gasteiger partial charge in [0.05, 0.1) is 0 Å². The summed E-state index contributed by atoms with van der Waals surface area (Å²) < 4.78 is 0. The Bertz CT molecular complexity index is 522. The van der Waals surface area contributed by atoms with Crippen LogP contribution in [0.25, 0.3) is 0 Å². The zero-order chi connectivity index (χ0) is 13.0. The number of nitrogens with one attached hydrogen (secondary N) is 1. The van der Waals surface area contributed by atoms with Crippen molar-refractivity contribution in [2.75, 3.05) is 0 Å². The third-order valence-corrected chi connectivity index (χ3v) is 3.96. The molecule has 0 spiro atoms. The molecular formula is C14H17NO2S. The Balaban J connectivity index is 1.86. The van der Waals surface area contributed by atoms with E-state index in [1.54, 1.807) is 12.1 Å². The van der Waals surface area contributed by atoms with Crippen molar-refractivity contribution >= 4 is 11.3 Å². The molecule has 4 heteroatoms. The monoisotopic (exact) mass is 263 g/mol. The first kappa shape index (κ1) is 12.9. The molecule has 0 unspecified atom stereocenters. The molecule has 0 saturated heterocycles. The van der Waals surface area contributed by atoms with E-state index >= 15 is 0 Å². The van der Waals surface area contributed by atoms with E-state index in [0.717, 1.165) is 18.5 Å². The maximum Gasteiger partial charge on any atom is 0.157 e. The molecular weight excluding hydrogens is 246 g/mol. The fraction of sp³-hybridized carbons (Fsp3) is 0.286. The van der Waals surface area contributed by atoms with Crippen molar-refractivity contribution in [3.63, 3.8) is 0 Å². The Labute approximate surface area is 111 Å². The molecule has 0 saturated carbocycles. The van der Waals surface area contributed by atoms with Gasteiger partial charge in [0.15, 0.2) is 11.5 Å². The van der Waals surface area contributed by atoms with Gasteiger partial charge in [0.2, 0.25) is 0 Å². The fourth-order valence-corrected chi connectivity index (χ4v) is 2.64. The minimum Gasteiger partial charge on any atom is -0.504 e. The highest BCUT2D eigenvalue weighted by molar-refractivity contribution is 7.11. The third kappa shape index (κ3) is 3.24. The van der Waals surface area contributed by atoms with Crippen molar-refractivity contribution in [3.05, 3.63) is 45.6 Å². The molecule has 0 bridgehead atoms. The van der Waals surface area contributed by atoms with E-state index in [1.165, 1.54) is 15.8 Å². The number of aryl methyl sites for hydroxylation is 1. The standard InChI is InChI=1S/C14H17NO2S/c1-2-11-4-5-12(18-11)9-15-8-10-3-6-13(16)14(17)7-10/h3-7,15-17H,2,8-9H2,1H3. The molecule has 3 N–H and O–H groups in total. The highest BCUT2D eigenvalue weighted by Gasteiger charge is 2.01. The second-order valence-corrected chi connectivity index (χ2v) is 5.40. The Morgan fingerprint density at radius 3 is 2.44 bits per heavy atom. The molecule has 18 heavy (non-hydrogen) atoms. The second kappa shape index (κ2) is 5.89. The van der Waals surface area contributed by atoms with Crippen LogP contribution in [0.3, 0.4) is 0 Å². The Morgan fingerprint density at radius 2 is 1.78 bits per heavy atom. The predicted molar refractivity (Wildman–Crippen MR) is 74.0 cm³/mol. The van der Waals surface area contributed by atoms with Gasteiger partial charge in [0.1, 0.15) is 0 Å². The molecule has 1 aromatic carbocycles. The Morgan fingerprint density at radius 1 is 1.00 bits per heavy atom. The van der Waals surface area contributed by atoms with Gasteiger partial charge in [-0.1, -0.05) is 13.0 Å². The SMILES string of the molecule is CCc1ccc(CNCc2ccc(O)c(O)c2)s1. The first-order valence-electron chi connectivity index (χ1n) is 5.98. The fourth-order valence-electron chi connectivity index (χ4n) is 1.72. The molecule has 0 aliphatic heterocycles. The van der Waals surface area contributed by atoms with Crippen LogP contribution in [0.15, 0.2) is 30.3 Å². The van der Waals surface area contributed by atoms with Gasteiger partial charge in [-0.25, -0.2) is 0 Å². The summed E-state index contributed by atoms with van der Waals surface area (Å²) in [6, 6.07) is 9.19. The summed E-state index contributed by atoms with van der Waals surface area (Å²) in [5.41, 5.74) is 0.956. The molecule has 1 aromatic heterocycles. The van der Waals surface area contributed by atoms with Crippen LogP contribution < -0.4 is 5.32 Å². The Hall–Kier alpha value is -1.52. The number of rotatable bonds is 5. The summed E-state index contributed by atoms with van der Waals surface area (Å²) >= 11 is 1.82. The lowest BCUT2D eigenvalue weighted by atomic mass is 10.2. The number of phenolic OH excluding ortho intramolecular Hbond substituents is 2. The quantitative estimate of drug-likeness (QED) is 0.727. The highest BCUT2D eigenvalue weighted by Crippen LogP contribution is 2.24. The summed E-state index contributed by atoms with van der Waals surface area (Å²) in [4.78, 5) is 2.71. The Kier molecular flexibility index (Phi) is 4.23. The molecule has 2 rings (SSSR count). The van der Waals surface area contributed by atoms with Crippen LogP contribution in [-0.2, 0) is 19.5 Å². The second-order valence-electron chi connectivity index (χ2n) is 4.15. The van der Waals surface area contributed by atoms with Gasteiger partial charge in [0, 0.05) is 22.8 Å². The van der Waals surface area contributed by atoms with Crippen LogP contribution in [0.1, 0.15) is 22.2 Å². The first-order chi connectivity index (χ1) is 8.69. The lowest BCUT2D eigenvalue weighted by Gasteiger charge is -2.05. The van der Waals surface area contributed by atoms with Crippen LogP contribution in [0.2, 0.25) is 0 Å². The summed E-state index contributed by atoms with van der Waals surface area (Å²) in [5.74, 6) is -0.150. The maximum absolute atomic E-state index is 9.38. The average Bonchev–Trinajstić information content (AvgIpc) is 2.82. The highest BCUT2D eigenvalue weighted by atomic mass is 32.1. The number of benzene rings is 1. The van der Waals surface area contributed by atoms with Gasteiger partial charge >= 0.3 is 0 Å². The molecule has 0 atom stereocenters. The molecule has 2 aromatic rings. The van der Waals surface area contributed by atoms with Gasteiger partial charge in [-0.3, -0.25) is 0 Å². The van der Waals surface area contributed by atoms with Crippen molar-refractivity contribution in [3.8, 4) is 11.5 Å². The largest absolute Gasteiger partial charge is 0.504 e. The first-order valence-corrected chi connectivity index (χ1v) is 6.80. The van der Waals surface area contributed by atoms with Crippen molar-refractivity contribution in [2.45, 2.75) is 26.4 Å². The molecule has 3 nitrogen and oxygen atoms in total. The van der Waals surface area contributed by atoms with Crippen LogP contribution in [-0.4, -0.2) is 10.2 Å². The van der Waals surface area contributed by atoms with E-state index in [0.29, 0.717) is 6.54 Å². The van der Waals surface area contributed by atoms with E-state index in [1.807, 2.05) is 11.3 Å². The minimum absolute atomic E-state index is 0.0707. The van der Waals surface area contributed by atoms with Gasteiger partial charge in [-0.2, -0.15) is 0 Å². The summed E-state index contributed by atoms with van der Waals surface area (Å²) in [6.45, 7) is 3.65. The van der Waals surface area contributed by atoms with Gasteiger partial charge in [0.25, 0.3) is 0 Å². The van der Waals surface area contributed by atoms with Crippen LogP contribution in [0.4, 0.5) is 0 Å². The molecule has 96 valence electrons. The van der Waals surface area contributed by atoms with Crippen LogP contribution >= 0.6 is 11.3 Å². The minimum atomic E-state index is -0.0791.